The number of benzene rings is 1. The Kier molecular flexibility index (Phi) is 2.73. The normalized spacial score (nSPS) is 10.6. The zero-order valence-electron chi connectivity index (χ0n) is 6.60. The predicted molar refractivity (Wildman–Crippen MR) is 38.3 cm³/mol. The summed E-state index contributed by atoms with van der Waals surface area (Å²) in [5.41, 5.74) is -2.34. The molecule has 0 atom stereocenters. The summed E-state index contributed by atoms with van der Waals surface area (Å²) in [4.78, 5) is 10.3. The van der Waals surface area contributed by atoms with E-state index in [0.717, 1.165) is 0 Å². The van der Waals surface area contributed by atoms with Gasteiger partial charge < -0.3 is 5.11 Å². The number of carboxylic acids is 1. The van der Waals surface area contributed by atoms with Crippen molar-refractivity contribution in [2.24, 2.45) is 0 Å². The lowest BCUT2D eigenvalue weighted by molar-refractivity contribution is 0.0689. The molecule has 0 aliphatic rings. The summed E-state index contributed by atoms with van der Waals surface area (Å²) >= 11 is 0. The Balaban J connectivity index is 3.40. The molecule has 0 saturated heterocycles. The minimum Gasteiger partial charge on any atom is -0.478 e. The average molecular weight is 208 g/mol. The Morgan fingerprint density at radius 1 is 1.29 bits per heavy atom. The molecule has 1 rings (SSSR count). The predicted octanol–water partition coefficient (Wildman–Crippen LogP) is 2.60. The van der Waals surface area contributed by atoms with E-state index in [-0.39, 0.29) is 6.07 Å². The maximum Gasteiger partial charge on any atom is 0.338 e. The van der Waals surface area contributed by atoms with Gasteiger partial charge in [-0.2, -0.15) is 0 Å². The Labute approximate surface area is 75.8 Å². The number of alkyl halides is 2. The molecule has 6 heteroatoms. The van der Waals surface area contributed by atoms with Crippen LogP contribution in [0.5, 0.6) is 0 Å². The van der Waals surface area contributed by atoms with Gasteiger partial charge in [-0.25, -0.2) is 22.4 Å². The van der Waals surface area contributed by atoms with Gasteiger partial charge in [0.25, 0.3) is 6.43 Å². The third kappa shape index (κ3) is 1.84. The van der Waals surface area contributed by atoms with Crippen molar-refractivity contribution in [3.8, 4) is 0 Å². The minimum absolute atomic E-state index is 0.270. The molecule has 0 heterocycles. The first-order chi connectivity index (χ1) is 6.43. The zero-order chi connectivity index (χ0) is 10.9. The van der Waals surface area contributed by atoms with Crippen molar-refractivity contribution < 1.29 is 27.5 Å². The number of hydrogen-bond acceptors (Lipinski definition) is 1. The van der Waals surface area contributed by atoms with Crippen LogP contribution < -0.4 is 0 Å². The van der Waals surface area contributed by atoms with Crippen LogP contribution in [0.4, 0.5) is 17.6 Å². The van der Waals surface area contributed by atoms with Gasteiger partial charge in [-0.3, -0.25) is 0 Å². The first-order valence-electron chi connectivity index (χ1n) is 3.44. The van der Waals surface area contributed by atoms with Gasteiger partial charge in [-0.15, -0.1) is 0 Å². The van der Waals surface area contributed by atoms with Gasteiger partial charge in [-0.05, 0) is 12.1 Å². The van der Waals surface area contributed by atoms with Gasteiger partial charge in [0.1, 0.15) is 11.6 Å². The molecule has 0 unspecified atom stereocenters. The summed E-state index contributed by atoms with van der Waals surface area (Å²) in [6, 6.07) is 0.621. The second kappa shape index (κ2) is 3.65. The molecule has 0 saturated carbocycles. The third-order valence-electron chi connectivity index (χ3n) is 1.53. The van der Waals surface area contributed by atoms with E-state index in [4.69, 9.17) is 5.11 Å². The summed E-state index contributed by atoms with van der Waals surface area (Å²) in [7, 11) is 0. The molecule has 76 valence electrons. The van der Waals surface area contributed by atoms with E-state index in [9.17, 15) is 22.4 Å². The Bertz CT molecular complexity index is 376. The molecule has 1 N–H and O–H groups in total. The number of rotatable bonds is 2. The van der Waals surface area contributed by atoms with Crippen LogP contribution >= 0.6 is 0 Å². The van der Waals surface area contributed by atoms with Gasteiger partial charge in [-0.1, -0.05) is 0 Å². The molecular weight excluding hydrogens is 204 g/mol. The van der Waals surface area contributed by atoms with Crippen LogP contribution in [0.25, 0.3) is 0 Å². The summed E-state index contributed by atoms with van der Waals surface area (Å²) in [5, 5.41) is 8.34. The molecule has 14 heavy (non-hydrogen) atoms. The van der Waals surface area contributed by atoms with Crippen LogP contribution in [0.3, 0.4) is 0 Å². The average Bonchev–Trinajstić information content (AvgIpc) is 2.07. The number of carbonyl (C=O) groups is 1. The topological polar surface area (TPSA) is 37.3 Å². The van der Waals surface area contributed by atoms with E-state index in [0.29, 0.717) is 6.07 Å². The fourth-order valence-electron chi connectivity index (χ4n) is 0.925. The first kappa shape index (κ1) is 10.5. The van der Waals surface area contributed by atoms with Gasteiger partial charge in [0, 0.05) is 0 Å². The highest BCUT2D eigenvalue weighted by Gasteiger charge is 2.21. The maximum atomic E-state index is 12.9. The van der Waals surface area contributed by atoms with Gasteiger partial charge in [0.05, 0.1) is 11.1 Å². The van der Waals surface area contributed by atoms with E-state index >= 15 is 0 Å². The number of carboxylic acid groups (broad SMARTS) is 1. The highest BCUT2D eigenvalue weighted by molar-refractivity contribution is 5.88. The van der Waals surface area contributed by atoms with Crippen LogP contribution in [0.1, 0.15) is 22.3 Å². The lowest BCUT2D eigenvalue weighted by atomic mass is 10.1. The lowest BCUT2D eigenvalue weighted by Crippen LogP contribution is -2.05. The van der Waals surface area contributed by atoms with Crippen LogP contribution in [-0.4, -0.2) is 11.1 Å². The molecule has 0 fully saturated rings. The second-order valence-electron chi connectivity index (χ2n) is 2.46. The SMILES string of the molecule is O=C(O)c1cc(F)cc(C(F)F)c1F. The molecule has 0 aliphatic heterocycles. The molecule has 0 amide bonds. The van der Waals surface area contributed by atoms with Crippen molar-refractivity contribution in [3.05, 3.63) is 34.9 Å². The molecular formula is C8H4F4O2. The van der Waals surface area contributed by atoms with Crippen molar-refractivity contribution in [3.63, 3.8) is 0 Å². The van der Waals surface area contributed by atoms with Crippen molar-refractivity contribution in [2.45, 2.75) is 6.43 Å². The molecule has 0 bridgehead atoms. The van der Waals surface area contributed by atoms with Gasteiger partial charge in [0.2, 0.25) is 0 Å². The summed E-state index contributed by atoms with van der Waals surface area (Å²) < 4.78 is 49.6. The van der Waals surface area contributed by atoms with E-state index in [1.165, 1.54) is 0 Å². The quantitative estimate of drug-likeness (QED) is 0.758. The summed E-state index contributed by atoms with van der Waals surface area (Å²) in [5.74, 6) is -4.60. The van der Waals surface area contributed by atoms with Crippen LogP contribution in [0, 0.1) is 11.6 Å². The maximum absolute atomic E-state index is 12.9. The Morgan fingerprint density at radius 3 is 2.29 bits per heavy atom. The standard InChI is InChI=1S/C8H4F4O2/c9-3-1-4(7(11)12)6(10)5(2-3)8(13)14/h1-2,7H,(H,13,14). The molecule has 1 aromatic carbocycles. The smallest absolute Gasteiger partial charge is 0.338 e. The van der Waals surface area contributed by atoms with E-state index in [1.807, 2.05) is 0 Å². The highest BCUT2D eigenvalue weighted by Crippen LogP contribution is 2.25. The van der Waals surface area contributed by atoms with Crippen molar-refractivity contribution in [1.82, 2.24) is 0 Å². The molecule has 1 aromatic rings. The molecule has 2 nitrogen and oxygen atoms in total. The van der Waals surface area contributed by atoms with Crippen LogP contribution in [0.15, 0.2) is 12.1 Å². The molecule has 0 radical (unpaired) electrons. The Morgan fingerprint density at radius 2 is 1.86 bits per heavy atom. The Hall–Kier alpha value is -1.59. The third-order valence-corrected chi connectivity index (χ3v) is 1.53. The fraction of sp³-hybridized carbons (Fsp3) is 0.125. The second-order valence-corrected chi connectivity index (χ2v) is 2.46. The van der Waals surface area contributed by atoms with E-state index in [1.54, 1.807) is 0 Å². The van der Waals surface area contributed by atoms with Crippen LogP contribution in [0.2, 0.25) is 0 Å². The number of halogens is 4. The molecule has 0 spiro atoms. The monoisotopic (exact) mass is 208 g/mol. The first-order valence-corrected chi connectivity index (χ1v) is 3.44. The van der Waals surface area contributed by atoms with Crippen molar-refractivity contribution in [2.75, 3.05) is 0 Å². The summed E-state index contributed by atoms with van der Waals surface area (Å²) in [6.45, 7) is 0. The van der Waals surface area contributed by atoms with Gasteiger partial charge in [0.15, 0.2) is 0 Å². The number of aromatic carboxylic acids is 1. The van der Waals surface area contributed by atoms with Crippen LogP contribution in [-0.2, 0) is 0 Å². The molecule has 0 aliphatic carbocycles. The van der Waals surface area contributed by atoms with E-state index in [2.05, 4.69) is 0 Å². The summed E-state index contributed by atoms with van der Waals surface area (Å²) in [6.07, 6.45) is -3.25. The highest BCUT2D eigenvalue weighted by atomic mass is 19.3. The van der Waals surface area contributed by atoms with Crippen molar-refractivity contribution >= 4 is 5.97 Å². The largest absolute Gasteiger partial charge is 0.478 e. The fourth-order valence-corrected chi connectivity index (χ4v) is 0.925. The zero-order valence-corrected chi connectivity index (χ0v) is 6.60. The minimum atomic E-state index is -3.25. The molecule has 0 aromatic heterocycles. The van der Waals surface area contributed by atoms with Gasteiger partial charge >= 0.3 is 5.97 Å². The number of hydrogen-bond donors (Lipinski definition) is 1. The lowest BCUT2D eigenvalue weighted by Gasteiger charge is -2.04. The van der Waals surface area contributed by atoms with E-state index < -0.39 is 35.2 Å². The van der Waals surface area contributed by atoms with Crippen molar-refractivity contribution in [1.29, 1.82) is 0 Å².